The molecule has 31 heavy (non-hydrogen) atoms. The molecule has 2 heterocycles. The Balaban J connectivity index is 1.54. The Bertz CT molecular complexity index is 1300. The van der Waals surface area contributed by atoms with Crippen LogP contribution in [0.2, 0.25) is 10.0 Å². The number of nitro benzene ring substituents is 1. The highest BCUT2D eigenvalue weighted by atomic mass is 35.5. The van der Waals surface area contributed by atoms with Crippen LogP contribution in [-0.2, 0) is 0 Å². The molecular weight excluding hydrogens is 439 g/mol. The van der Waals surface area contributed by atoms with Gasteiger partial charge in [-0.2, -0.15) is 0 Å². The molecule has 0 aliphatic carbocycles. The van der Waals surface area contributed by atoms with Gasteiger partial charge >= 0.3 is 0 Å². The minimum absolute atomic E-state index is 0.0117. The van der Waals surface area contributed by atoms with Crippen LogP contribution in [0.1, 0.15) is 16.2 Å². The average Bonchev–Trinajstić information content (AvgIpc) is 3.42. The van der Waals surface area contributed by atoms with E-state index in [9.17, 15) is 14.9 Å². The summed E-state index contributed by atoms with van der Waals surface area (Å²) < 4.78 is 7.49. The summed E-state index contributed by atoms with van der Waals surface area (Å²) in [5.41, 5.74) is 2.12. The maximum Gasteiger partial charge on any atom is 0.269 e. The van der Waals surface area contributed by atoms with Gasteiger partial charge in [0.2, 0.25) is 5.78 Å². The summed E-state index contributed by atoms with van der Waals surface area (Å²) in [5, 5.41) is 11.8. The van der Waals surface area contributed by atoms with Crippen molar-refractivity contribution in [2.24, 2.45) is 0 Å². The first-order valence-corrected chi connectivity index (χ1v) is 9.88. The summed E-state index contributed by atoms with van der Waals surface area (Å²) in [7, 11) is 0. The Morgan fingerprint density at radius 1 is 1.03 bits per heavy atom. The fourth-order valence-electron chi connectivity index (χ4n) is 3.05. The van der Waals surface area contributed by atoms with E-state index in [1.807, 2.05) is 16.7 Å². The van der Waals surface area contributed by atoms with Crippen LogP contribution in [0.5, 0.6) is 0 Å². The molecule has 0 saturated carbocycles. The minimum Gasteiger partial charge on any atom is -0.453 e. The Labute approximate surface area is 187 Å². The van der Waals surface area contributed by atoms with Gasteiger partial charge in [0.05, 0.1) is 9.95 Å². The van der Waals surface area contributed by atoms with Crippen LogP contribution in [0.4, 0.5) is 5.69 Å². The number of hydrogen-bond donors (Lipinski definition) is 0. The van der Waals surface area contributed by atoms with Crippen molar-refractivity contribution in [3.8, 4) is 17.0 Å². The van der Waals surface area contributed by atoms with E-state index >= 15 is 0 Å². The number of benzene rings is 2. The predicted octanol–water partition coefficient (Wildman–Crippen LogP) is 6.85. The zero-order valence-corrected chi connectivity index (χ0v) is 17.4. The monoisotopic (exact) mass is 452 g/mol. The number of aromatic nitrogens is 1. The van der Waals surface area contributed by atoms with E-state index in [0.29, 0.717) is 21.4 Å². The second-order valence-electron chi connectivity index (χ2n) is 6.56. The molecular formula is C23H14Cl2N2O4. The third kappa shape index (κ3) is 4.45. The fraction of sp³-hybridized carbons (Fsp3) is 0. The summed E-state index contributed by atoms with van der Waals surface area (Å²) in [4.78, 5) is 23.0. The van der Waals surface area contributed by atoms with E-state index in [4.69, 9.17) is 27.6 Å². The van der Waals surface area contributed by atoms with Gasteiger partial charge in [-0.25, -0.2) is 0 Å². The molecule has 2 aromatic heterocycles. The van der Waals surface area contributed by atoms with Crippen molar-refractivity contribution in [3.63, 3.8) is 0 Å². The van der Waals surface area contributed by atoms with E-state index < -0.39 is 4.92 Å². The first-order chi connectivity index (χ1) is 14.9. The minimum atomic E-state index is -0.451. The highest BCUT2D eigenvalue weighted by Crippen LogP contribution is 2.31. The topological polar surface area (TPSA) is 78.3 Å². The molecule has 0 fully saturated rings. The highest BCUT2D eigenvalue weighted by Gasteiger charge is 2.13. The lowest BCUT2D eigenvalue weighted by Crippen LogP contribution is -1.96. The molecule has 0 amide bonds. The zero-order valence-electron chi connectivity index (χ0n) is 15.9. The van der Waals surface area contributed by atoms with Gasteiger partial charge in [0.25, 0.3) is 5.69 Å². The number of ketones is 1. The SMILES string of the molecule is O=C(/C=C/c1cccn1-c1ccc([N+](=O)[O-])cc1)c1ccc(-c2ccc(Cl)cc2Cl)o1. The normalized spacial score (nSPS) is 11.2. The van der Waals surface area contributed by atoms with Crippen LogP contribution in [0, 0.1) is 10.1 Å². The molecule has 0 unspecified atom stereocenters. The molecule has 2 aromatic carbocycles. The average molecular weight is 453 g/mol. The quantitative estimate of drug-likeness (QED) is 0.138. The first kappa shape index (κ1) is 20.7. The molecule has 6 nitrogen and oxygen atoms in total. The zero-order chi connectivity index (χ0) is 22.0. The molecule has 8 heteroatoms. The Morgan fingerprint density at radius 3 is 2.52 bits per heavy atom. The molecule has 0 N–H and O–H groups in total. The lowest BCUT2D eigenvalue weighted by Gasteiger charge is -2.06. The van der Waals surface area contributed by atoms with Gasteiger partial charge in [0.15, 0.2) is 5.76 Å². The van der Waals surface area contributed by atoms with E-state index in [-0.39, 0.29) is 17.2 Å². The third-order valence-electron chi connectivity index (χ3n) is 4.57. The van der Waals surface area contributed by atoms with Crippen LogP contribution < -0.4 is 0 Å². The van der Waals surface area contributed by atoms with Gasteiger partial charge in [-0.1, -0.05) is 23.2 Å². The summed E-state index contributed by atoms with van der Waals surface area (Å²) in [6.07, 6.45) is 4.86. The standard InChI is InChI=1S/C23H14Cl2N2O4/c24-15-3-9-19(20(25)14-15)22-11-12-23(31-22)21(28)10-8-16-2-1-13-26(16)17-4-6-18(7-5-17)27(29)30/h1-14H/b10-8+. The molecule has 0 bridgehead atoms. The van der Waals surface area contributed by atoms with Crippen molar-refractivity contribution in [2.45, 2.75) is 0 Å². The molecule has 4 rings (SSSR count). The molecule has 0 radical (unpaired) electrons. The number of carbonyl (C=O) groups is 1. The van der Waals surface area contributed by atoms with Gasteiger partial charge in [-0.05, 0) is 66.7 Å². The van der Waals surface area contributed by atoms with Gasteiger partial charge in [-0.3, -0.25) is 14.9 Å². The molecule has 0 spiro atoms. The number of furan rings is 1. The Morgan fingerprint density at radius 2 is 1.81 bits per heavy atom. The highest BCUT2D eigenvalue weighted by molar-refractivity contribution is 6.36. The lowest BCUT2D eigenvalue weighted by molar-refractivity contribution is -0.384. The second-order valence-corrected chi connectivity index (χ2v) is 7.41. The van der Waals surface area contributed by atoms with E-state index in [0.717, 1.165) is 11.4 Å². The molecule has 0 aliphatic rings. The number of carbonyl (C=O) groups excluding carboxylic acids is 1. The van der Waals surface area contributed by atoms with Crippen LogP contribution in [0.3, 0.4) is 0 Å². The number of nitro groups is 1. The van der Waals surface area contributed by atoms with Gasteiger partial charge < -0.3 is 8.98 Å². The Kier molecular flexibility index (Phi) is 5.75. The van der Waals surface area contributed by atoms with Gasteiger partial charge in [-0.15, -0.1) is 0 Å². The molecule has 0 aliphatic heterocycles. The summed E-state index contributed by atoms with van der Waals surface area (Å²) in [6.45, 7) is 0. The maximum atomic E-state index is 12.6. The third-order valence-corrected chi connectivity index (χ3v) is 5.12. The number of nitrogens with zero attached hydrogens (tertiary/aromatic N) is 2. The summed E-state index contributed by atoms with van der Waals surface area (Å²) in [6, 6.07) is 18.1. The van der Waals surface area contributed by atoms with Crippen molar-refractivity contribution in [2.75, 3.05) is 0 Å². The molecule has 4 aromatic rings. The van der Waals surface area contributed by atoms with E-state index in [1.165, 1.54) is 18.2 Å². The largest absolute Gasteiger partial charge is 0.453 e. The van der Waals surface area contributed by atoms with Crippen LogP contribution in [0.15, 0.2) is 83.4 Å². The van der Waals surface area contributed by atoms with E-state index in [1.54, 1.807) is 54.7 Å². The van der Waals surface area contributed by atoms with Crippen LogP contribution in [-0.4, -0.2) is 15.3 Å². The molecule has 154 valence electrons. The fourth-order valence-corrected chi connectivity index (χ4v) is 3.55. The van der Waals surface area contributed by atoms with Crippen LogP contribution >= 0.6 is 23.2 Å². The number of rotatable bonds is 6. The van der Waals surface area contributed by atoms with Crippen molar-refractivity contribution in [3.05, 3.63) is 111 Å². The van der Waals surface area contributed by atoms with Crippen molar-refractivity contribution < 1.29 is 14.1 Å². The van der Waals surface area contributed by atoms with Crippen molar-refractivity contribution in [1.29, 1.82) is 0 Å². The predicted molar refractivity (Wildman–Crippen MR) is 120 cm³/mol. The lowest BCUT2D eigenvalue weighted by atomic mass is 10.2. The van der Waals surface area contributed by atoms with Crippen LogP contribution in [0.25, 0.3) is 23.1 Å². The van der Waals surface area contributed by atoms with Gasteiger partial charge in [0, 0.05) is 40.3 Å². The Hall–Kier alpha value is -3.61. The summed E-state index contributed by atoms with van der Waals surface area (Å²) in [5.74, 6) is 0.325. The van der Waals surface area contributed by atoms with E-state index in [2.05, 4.69) is 0 Å². The van der Waals surface area contributed by atoms with Crippen molar-refractivity contribution in [1.82, 2.24) is 4.57 Å². The molecule has 0 saturated heterocycles. The summed E-state index contributed by atoms with van der Waals surface area (Å²) >= 11 is 12.1. The first-order valence-electron chi connectivity index (χ1n) is 9.12. The van der Waals surface area contributed by atoms with Crippen molar-refractivity contribution >= 4 is 40.7 Å². The molecule has 0 atom stereocenters. The maximum absolute atomic E-state index is 12.6. The number of hydrogen-bond acceptors (Lipinski definition) is 4. The number of allylic oxidation sites excluding steroid dienone is 1. The smallest absolute Gasteiger partial charge is 0.269 e. The number of halogens is 2. The van der Waals surface area contributed by atoms with Gasteiger partial charge in [0.1, 0.15) is 5.76 Å². The second kappa shape index (κ2) is 8.63. The number of non-ortho nitro benzene ring substituents is 1.